The van der Waals surface area contributed by atoms with Crippen molar-refractivity contribution in [3.05, 3.63) is 29.8 Å². The van der Waals surface area contributed by atoms with Gasteiger partial charge in [-0.05, 0) is 31.7 Å². The van der Waals surface area contributed by atoms with Crippen LogP contribution in [0.4, 0.5) is 0 Å². The summed E-state index contributed by atoms with van der Waals surface area (Å²) in [6.07, 6.45) is 1.21. The standard InChI is InChI=1S/C18H25NO4/c1-4-23-16-8-6-5-7-12(16)15(9-11(2)3)19-17(20)13-10-14(13)18(21)22/h5-8,11,13-15H,4,9-10H2,1-3H3,(H,19,20)(H,21,22). The molecular formula is C18H25NO4. The zero-order valence-electron chi connectivity index (χ0n) is 13.9. The molecule has 5 nitrogen and oxygen atoms in total. The fourth-order valence-electron chi connectivity index (χ4n) is 2.83. The average Bonchev–Trinajstić information content (AvgIpc) is 3.27. The Hall–Kier alpha value is -2.04. The van der Waals surface area contributed by atoms with Gasteiger partial charge in [0.2, 0.25) is 5.91 Å². The van der Waals surface area contributed by atoms with E-state index in [4.69, 9.17) is 9.84 Å². The van der Waals surface area contributed by atoms with E-state index in [9.17, 15) is 9.59 Å². The van der Waals surface area contributed by atoms with Crippen LogP contribution in [-0.4, -0.2) is 23.6 Å². The summed E-state index contributed by atoms with van der Waals surface area (Å²) in [4.78, 5) is 23.3. The SMILES string of the molecule is CCOc1ccccc1C(CC(C)C)NC(=O)C1CC1C(=O)O. The molecule has 0 radical (unpaired) electrons. The predicted molar refractivity (Wildman–Crippen MR) is 87.2 cm³/mol. The van der Waals surface area contributed by atoms with E-state index < -0.39 is 17.8 Å². The van der Waals surface area contributed by atoms with Crippen molar-refractivity contribution in [3.63, 3.8) is 0 Å². The van der Waals surface area contributed by atoms with Gasteiger partial charge >= 0.3 is 5.97 Å². The maximum atomic E-state index is 12.3. The minimum Gasteiger partial charge on any atom is -0.494 e. The summed E-state index contributed by atoms with van der Waals surface area (Å²) in [6.45, 7) is 6.68. The van der Waals surface area contributed by atoms with Gasteiger partial charge < -0.3 is 15.2 Å². The highest BCUT2D eigenvalue weighted by atomic mass is 16.5. The Kier molecular flexibility index (Phi) is 5.64. The first-order valence-electron chi connectivity index (χ1n) is 8.18. The zero-order chi connectivity index (χ0) is 17.0. The van der Waals surface area contributed by atoms with Crippen LogP contribution in [-0.2, 0) is 9.59 Å². The van der Waals surface area contributed by atoms with Gasteiger partial charge in [0.05, 0.1) is 24.5 Å². The number of amides is 1. The highest BCUT2D eigenvalue weighted by molar-refractivity contribution is 5.89. The number of hydrogen-bond donors (Lipinski definition) is 2. The van der Waals surface area contributed by atoms with Crippen molar-refractivity contribution in [2.24, 2.45) is 17.8 Å². The summed E-state index contributed by atoms with van der Waals surface area (Å²) >= 11 is 0. The van der Waals surface area contributed by atoms with Crippen LogP contribution in [0.15, 0.2) is 24.3 Å². The molecule has 1 saturated carbocycles. The van der Waals surface area contributed by atoms with Crippen LogP contribution in [0.2, 0.25) is 0 Å². The number of carboxylic acids is 1. The van der Waals surface area contributed by atoms with Crippen LogP contribution in [0.5, 0.6) is 5.75 Å². The summed E-state index contributed by atoms with van der Waals surface area (Å²) in [6, 6.07) is 7.52. The van der Waals surface area contributed by atoms with E-state index in [1.807, 2.05) is 31.2 Å². The number of nitrogens with one attached hydrogen (secondary N) is 1. The third kappa shape index (κ3) is 4.47. The van der Waals surface area contributed by atoms with Gasteiger partial charge in [-0.1, -0.05) is 32.0 Å². The lowest BCUT2D eigenvalue weighted by atomic mass is 9.96. The van der Waals surface area contributed by atoms with Gasteiger partial charge in [0, 0.05) is 5.56 Å². The zero-order valence-corrected chi connectivity index (χ0v) is 13.9. The molecule has 3 atom stereocenters. The van der Waals surface area contributed by atoms with Gasteiger partial charge in [0.25, 0.3) is 0 Å². The summed E-state index contributed by atoms with van der Waals surface area (Å²) in [5, 5.41) is 12.0. The average molecular weight is 319 g/mol. The Morgan fingerprint density at radius 3 is 2.57 bits per heavy atom. The van der Waals surface area contributed by atoms with Crippen molar-refractivity contribution in [2.45, 2.75) is 39.7 Å². The number of ether oxygens (including phenoxy) is 1. The number of hydrogen-bond acceptors (Lipinski definition) is 3. The lowest BCUT2D eigenvalue weighted by Gasteiger charge is -2.23. The molecule has 0 heterocycles. The highest BCUT2D eigenvalue weighted by Crippen LogP contribution is 2.40. The van der Waals surface area contributed by atoms with Crippen LogP contribution >= 0.6 is 0 Å². The number of carbonyl (C=O) groups is 2. The normalized spacial score (nSPS) is 20.9. The smallest absolute Gasteiger partial charge is 0.307 e. The maximum Gasteiger partial charge on any atom is 0.307 e. The highest BCUT2D eigenvalue weighted by Gasteiger charge is 2.48. The second kappa shape index (κ2) is 7.49. The van der Waals surface area contributed by atoms with Crippen molar-refractivity contribution in [3.8, 4) is 5.75 Å². The Morgan fingerprint density at radius 2 is 2.00 bits per heavy atom. The predicted octanol–water partition coefficient (Wildman–Crippen LogP) is 3.01. The molecule has 0 spiro atoms. The topological polar surface area (TPSA) is 75.6 Å². The first kappa shape index (κ1) is 17.3. The van der Waals surface area contributed by atoms with Gasteiger partial charge in [-0.15, -0.1) is 0 Å². The second-order valence-corrected chi connectivity index (χ2v) is 6.45. The van der Waals surface area contributed by atoms with E-state index in [1.54, 1.807) is 0 Å². The molecule has 2 rings (SSSR count). The van der Waals surface area contributed by atoms with E-state index in [2.05, 4.69) is 19.2 Å². The molecule has 0 bridgehead atoms. The molecule has 1 aliphatic carbocycles. The van der Waals surface area contributed by atoms with Crippen LogP contribution in [0.3, 0.4) is 0 Å². The molecule has 0 aliphatic heterocycles. The van der Waals surface area contributed by atoms with E-state index in [0.29, 0.717) is 18.9 Å². The molecule has 1 aliphatic rings. The number of carbonyl (C=O) groups excluding carboxylic acids is 1. The first-order chi connectivity index (χ1) is 10.9. The summed E-state index contributed by atoms with van der Waals surface area (Å²) in [7, 11) is 0. The quantitative estimate of drug-likeness (QED) is 0.772. The maximum absolute atomic E-state index is 12.3. The van der Waals surface area contributed by atoms with Crippen molar-refractivity contribution in [2.75, 3.05) is 6.61 Å². The summed E-state index contributed by atoms with van der Waals surface area (Å²) in [5.41, 5.74) is 0.948. The van der Waals surface area contributed by atoms with Gasteiger partial charge in [0.1, 0.15) is 5.75 Å². The number of rotatable bonds is 8. The van der Waals surface area contributed by atoms with E-state index >= 15 is 0 Å². The van der Waals surface area contributed by atoms with Crippen molar-refractivity contribution >= 4 is 11.9 Å². The van der Waals surface area contributed by atoms with Crippen molar-refractivity contribution in [1.82, 2.24) is 5.32 Å². The summed E-state index contributed by atoms with van der Waals surface area (Å²) < 4.78 is 5.67. The third-order valence-electron chi connectivity index (χ3n) is 4.06. The molecule has 0 saturated heterocycles. The van der Waals surface area contributed by atoms with Crippen LogP contribution < -0.4 is 10.1 Å². The molecule has 1 fully saturated rings. The van der Waals surface area contributed by atoms with Gasteiger partial charge in [0.15, 0.2) is 0 Å². The third-order valence-corrected chi connectivity index (χ3v) is 4.06. The molecule has 5 heteroatoms. The molecular weight excluding hydrogens is 294 g/mol. The minimum atomic E-state index is -0.889. The number of benzene rings is 1. The molecule has 0 aromatic heterocycles. The Morgan fingerprint density at radius 1 is 1.30 bits per heavy atom. The number of aliphatic carboxylic acids is 1. The second-order valence-electron chi connectivity index (χ2n) is 6.45. The van der Waals surface area contributed by atoms with Crippen LogP contribution in [0.1, 0.15) is 45.2 Å². The molecule has 1 aromatic rings. The van der Waals surface area contributed by atoms with Crippen molar-refractivity contribution in [1.29, 1.82) is 0 Å². The van der Waals surface area contributed by atoms with Crippen molar-refractivity contribution < 1.29 is 19.4 Å². The number of para-hydroxylation sites is 1. The van der Waals surface area contributed by atoms with Crippen LogP contribution in [0, 0.1) is 17.8 Å². The molecule has 3 unspecified atom stereocenters. The van der Waals surface area contributed by atoms with Gasteiger partial charge in [-0.3, -0.25) is 9.59 Å². The Bertz CT molecular complexity index is 570. The summed E-state index contributed by atoms with van der Waals surface area (Å²) in [5.74, 6) is -0.830. The molecule has 2 N–H and O–H groups in total. The van der Waals surface area contributed by atoms with Gasteiger partial charge in [-0.2, -0.15) is 0 Å². The minimum absolute atomic E-state index is 0.166. The van der Waals surface area contributed by atoms with Gasteiger partial charge in [-0.25, -0.2) is 0 Å². The lowest BCUT2D eigenvalue weighted by molar-refractivity contribution is -0.140. The Balaban J connectivity index is 2.14. The first-order valence-corrected chi connectivity index (χ1v) is 8.18. The van der Waals surface area contributed by atoms with E-state index in [-0.39, 0.29) is 11.9 Å². The molecule has 126 valence electrons. The van der Waals surface area contributed by atoms with Crippen LogP contribution in [0.25, 0.3) is 0 Å². The lowest BCUT2D eigenvalue weighted by Crippen LogP contribution is -2.32. The fourth-order valence-corrected chi connectivity index (χ4v) is 2.83. The number of carboxylic acid groups (broad SMARTS) is 1. The largest absolute Gasteiger partial charge is 0.494 e. The molecule has 1 amide bonds. The van der Waals surface area contributed by atoms with E-state index in [1.165, 1.54) is 0 Å². The molecule has 23 heavy (non-hydrogen) atoms. The van der Waals surface area contributed by atoms with E-state index in [0.717, 1.165) is 17.7 Å². The monoisotopic (exact) mass is 319 g/mol. The molecule has 1 aromatic carbocycles. The fraction of sp³-hybridized carbons (Fsp3) is 0.556. The Labute approximate surface area is 137 Å².